The molecule has 10 fully saturated rings. The first kappa shape index (κ1) is 93.6. The van der Waals surface area contributed by atoms with Crippen LogP contribution in [-0.2, 0) is 104 Å². The first-order valence-electron chi connectivity index (χ1n) is 38.4. The zero-order valence-electron chi connectivity index (χ0n) is 64.5. The zero-order valence-corrected chi connectivity index (χ0v) is 64.5. The minimum Gasteiger partial charge on any atom is -0.394 e. The molecular weight excluding hydrogens is 1540 g/mol. The lowest BCUT2D eigenvalue weighted by Gasteiger charge is -2.52. The number of nitrogens with one attached hydrogen (secondary N) is 2. The average Bonchev–Trinajstić information content (AvgIpc) is 0.761. The Morgan fingerprint density at radius 1 is 0.263 bits per heavy atom. The molecule has 10 aliphatic rings. The predicted molar refractivity (Wildman–Crippen MR) is 365 cm³/mol. The highest BCUT2D eigenvalue weighted by atomic mass is 16.8. The molecule has 662 valence electrons. The Balaban J connectivity index is 0.959. The summed E-state index contributed by atoms with van der Waals surface area (Å²) in [6.07, 6.45) is -80.3. The molecule has 20 unspecified atom stereocenters. The second-order valence-electron chi connectivity index (χ2n) is 30.9. The van der Waals surface area contributed by atoms with E-state index in [4.69, 9.17) is 94.7 Å². The fourth-order valence-corrected chi connectivity index (χ4v) is 15.7. The summed E-state index contributed by atoms with van der Waals surface area (Å²) in [5, 5.41) is 241. The van der Waals surface area contributed by atoms with Gasteiger partial charge in [-0.15, -0.1) is 0 Å². The van der Waals surface area contributed by atoms with E-state index in [1.807, 2.05) is 0 Å². The standard InChI is InChI=1S/C69H118N2O43/c1-12-13-95-67-58(55(38(82)24(8)99-67)110-65-49(93)45(89)40(84)28(14-72)104-65)113-62-32(70-26(10)76)53(42(86)30(16-74)102-62)109-61-19(3)52(37(81)23(7)97-61)107-68-57(47(91)35(79)21(5)100-68)112-69-59(56(39(83)25(9)101-69)111-66-50(94)46(90)41(85)29(15-73)105-66)114-63-33(71-27(11)77)54(43(87)31(17-75)103-63)108-60-18(2)51(36(80)22(6)96-60)106-64-48(92)44(88)34(78)20(4)98-64/h18-25,28-69,72-75,78-94H,12-17H2,1-11H3,(H,70,76)(H,71,77)/t18?,19?,20?,21?,22?,23?,24?,25?,28-,29-,30?,31?,32?,33?,34+,35+,36+,37+,38+,39+,40-,41-,42+,43+,44-,45?,46?,47-,48?,49?,50?,51+,52+,53-,54-,55-,56-,57?,58?,59?,60+,61+,62+,63+,64+,65-,66-,67-,68+,69+/m1/s1. The van der Waals surface area contributed by atoms with Crippen molar-refractivity contribution in [1.29, 1.82) is 0 Å². The summed E-state index contributed by atoms with van der Waals surface area (Å²) in [5.41, 5.74) is 0. The van der Waals surface area contributed by atoms with E-state index in [0.717, 1.165) is 13.8 Å². The Morgan fingerprint density at radius 2 is 0.526 bits per heavy atom. The number of carbonyl (C=O) groups is 2. The second-order valence-corrected chi connectivity index (χ2v) is 30.9. The fraction of sp³-hybridized carbons (Fsp3) is 0.971. The van der Waals surface area contributed by atoms with Crippen LogP contribution in [0.1, 0.15) is 82.6 Å². The molecule has 0 bridgehead atoms. The average molecular weight is 1660 g/mol. The Morgan fingerprint density at radius 3 is 0.912 bits per heavy atom. The monoisotopic (exact) mass is 1660 g/mol. The maximum Gasteiger partial charge on any atom is 0.217 e. The molecule has 0 aromatic rings. The van der Waals surface area contributed by atoms with Gasteiger partial charge in [0, 0.05) is 32.3 Å². The summed E-state index contributed by atoms with van der Waals surface area (Å²) in [6, 6.07) is -3.47. The molecule has 2 amide bonds. The lowest BCUT2D eigenvalue weighted by Crippen LogP contribution is -2.70. The molecule has 0 aliphatic carbocycles. The smallest absolute Gasteiger partial charge is 0.217 e. The van der Waals surface area contributed by atoms with Crippen LogP contribution in [0.2, 0.25) is 0 Å². The molecule has 0 spiro atoms. The number of rotatable bonds is 27. The highest BCUT2D eigenvalue weighted by Gasteiger charge is 2.62. The molecule has 0 aromatic carbocycles. The van der Waals surface area contributed by atoms with E-state index in [1.165, 1.54) is 55.4 Å². The molecule has 10 rings (SSSR count). The van der Waals surface area contributed by atoms with Gasteiger partial charge < -0.3 is 213 Å². The summed E-state index contributed by atoms with van der Waals surface area (Å²) in [5.74, 6) is -4.07. The molecule has 10 saturated heterocycles. The van der Waals surface area contributed by atoms with Crippen LogP contribution >= 0.6 is 0 Å². The first-order chi connectivity index (χ1) is 53.8. The van der Waals surface area contributed by atoms with Crippen molar-refractivity contribution in [1.82, 2.24) is 10.6 Å². The van der Waals surface area contributed by atoms with Crippen molar-refractivity contribution < 1.29 is 212 Å². The van der Waals surface area contributed by atoms with Gasteiger partial charge >= 0.3 is 0 Å². The van der Waals surface area contributed by atoms with Crippen LogP contribution in [0.4, 0.5) is 0 Å². The number of aliphatic hydroxyl groups excluding tert-OH is 21. The molecule has 0 saturated carbocycles. The van der Waals surface area contributed by atoms with Crippen molar-refractivity contribution in [3.05, 3.63) is 0 Å². The van der Waals surface area contributed by atoms with Crippen LogP contribution in [0.25, 0.3) is 0 Å². The van der Waals surface area contributed by atoms with Gasteiger partial charge in [-0.2, -0.15) is 0 Å². The van der Waals surface area contributed by atoms with E-state index >= 15 is 0 Å². The van der Waals surface area contributed by atoms with E-state index in [1.54, 1.807) is 6.92 Å². The molecule has 10 aliphatic heterocycles. The van der Waals surface area contributed by atoms with E-state index in [-0.39, 0.29) is 6.61 Å². The summed E-state index contributed by atoms with van der Waals surface area (Å²) in [6.45, 7) is 11.2. The van der Waals surface area contributed by atoms with Gasteiger partial charge in [-0.1, -0.05) is 20.8 Å². The third kappa shape index (κ3) is 20.0. The van der Waals surface area contributed by atoms with Crippen LogP contribution in [0.15, 0.2) is 0 Å². The molecule has 50 atom stereocenters. The molecule has 0 radical (unpaired) electrons. The van der Waals surface area contributed by atoms with Gasteiger partial charge in [0.2, 0.25) is 11.8 Å². The molecule has 114 heavy (non-hydrogen) atoms. The Bertz CT molecular complexity index is 2990. The minimum absolute atomic E-state index is 0.00480. The minimum atomic E-state index is -2.18. The van der Waals surface area contributed by atoms with Crippen LogP contribution in [0.3, 0.4) is 0 Å². The van der Waals surface area contributed by atoms with Gasteiger partial charge in [0.25, 0.3) is 0 Å². The molecule has 45 nitrogen and oxygen atoms in total. The first-order valence-corrected chi connectivity index (χ1v) is 38.4. The van der Waals surface area contributed by atoms with Crippen molar-refractivity contribution in [2.45, 2.75) is 377 Å². The van der Waals surface area contributed by atoms with Gasteiger partial charge in [-0.25, -0.2) is 0 Å². The van der Waals surface area contributed by atoms with Gasteiger partial charge in [0.05, 0.1) is 75.3 Å². The van der Waals surface area contributed by atoms with Crippen molar-refractivity contribution in [3.8, 4) is 0 Å². The van der Waals surface area contributed by atoms with Gasteiger partial charge in [-0.05, 0) is 48.0 Å². The lowest BCUT2D eigenvalue weighted by atomic mass is 9.91. The van der Waals surface area contributed by atoms with Crippen LogP contribution < -0.4 is 10.6 Å². The Kier molecular flexibility index (Phi) is 32.9. The van der Waals surface area contributed by atoms with Gasteiger partial charge in [0.15, 0.2) is 62.9 Å². The lowest BCUT2D eigenvalue weighted by molar-refractivity contribution is -0.411. The predicted octanol–water partition coefficient (Wildman–Crippen LogP) is -12.4. The number of hydrogen-bond donors (Lipinski definition) is 23. The van der Waals surface area contributed by atoms with Gasteiger partial charge in [0.1, 0.15) is 183 Å². The quantitative estimate of drug-likeness (QED) is 0.0363. The number of carbonyl (C=O) groups excluding carboxylic acids is 2. The fourth-order valence-electron chi connectivity index (χ4n) is 15.7. The third-order valence-corrected chi connectivity index (χ3v) is 22.6. The van der Waals surface area contributed by atoms with E-state index in [0.29, 0.717) is 6.42 Å². The van der Waals surface area contributed by atoms with E-state index in [9.17, 15) is 117 Å². The molecule has 10 heterocycles. The number of ether oxygens (including phenoxy) is 20. The van der Waals surface area contributed by atoms with Crippen molar-refractivity contribution in [2.24, 2.45) is 11.8 Å². The maximum absolute atomic E-state index is 13.5. The summed E-state index contributed by atoms with van der Waals surface area (Å²) < 4.78 is 125. The van der Waals surface area contributed by atoms with Crippen LogP contribution in [-0.4, -0.2) is 447 Å². The second kappa shape index (κ2) is 40.1. The SMILES string of the molecule is CCCO[C@@H]1OC(C)[C@H](O)[C@@H](O[C@H]2O[C@H](CO)[C@@H](O)C(O)C2O)C1O[C@@H]1OC(CO)[C@H](O)[C@H](O[C@@H]2OC(C)[C@H](O)[C@@H](O[C@@H]3OC(C)[C@H](O)[C@@H](O)C3O[C@@H]3OC(C)[C@H](O)[C@@H](O[C@H]4O[C@H](CO)[C@@H](O)C(O)C4O)C3O[C@@H]3OC(CO)[C@H](O)[C@H](O[C@@H]4OC(C)[C@H](O)[C@@H](O[C@@H]5OC(C)[C@H](O)[C@@H](O)C5O)C4C)C3NC(C)=O)C2C)C1NC(C)=O. The van der Waals surface area contributed by atoms with Crippen molar-refractivity contribution >= 4 is 11.8 Å². The topological polar surface area (TPSA) is 668 Å². The number of aliphatic hydroxyl groups is 21. The van der Waals surface area contributed by atoms with Crippen molar-refractivity contribution in [2.75, 3.05) is 33.0 Å². The molecule has 23 N–H and O–H groups in total. The summed E-state index contributed by atoms with van der Waals surface area (Å²) in [4.78, 5) is 26.9. The van der Waals surface area contributed by atoms with Crippen LogP contribution in [0.5, 0.6) is 0 Å². The molecular formula is C69H118N2O43. The van der Waals surface area contributed by atoms with Crippen LogP contribution in [0, 0.1) is 11.8 Å². The summed E-state index contributed by atoms with van der Waals surface area (Å²) >= 11 is 0. The maximum atomic E-state index is 13.5. The summed E-state index contributed by atoms with van der Waals surface area (Å²) in [7, 11) is 0. The van der Waals surface area contributed by atoms with E-state index < -0.39 is 345 Å². The normalized spacial score (nSPS) is 52.5. The third-order valence-electron chi connectivity index (χ3n) is 22.6. The Hall–Kier alpha value is -2.70. The largest absolute Gasteiger partial charge is 0.394 e. The number of amides is 2. The molecule has 45 heteroatoms. The van der Waals surface area contributed by atoms with E-state index in [2.05, 4.69) is 10.6 Å². The van der Waals surface area contributed by atoms with Crippen molar-refractivity contribution in [3.63, 3.8) is 0 Å². The zero-order chi connectivity index (χ0) is 83.8. The number of hydrogen-bond acceptors (Lipinski definition) is 43. The Labute approximate surface area is 654 Å². The highest BCUT2D eigenvalue weighted by molar-refractivity contribution is 5.73. The molecule has 0 aromatic heterocycles. The van der Waals surface area contributed by atoms with Gasteiger partial charge in [-0.3, -0.25) is 9.59 Å². The highest BCUT2D eigenvalue weighted by Crippen LogP contribution is 2.43.